The lowest BCUT2D eigenvalue weighted by molar-refractivity contribution is 0.423. The van der Waals surface area contributed by atoms with E-state index in [1.54, 1.807) is 0 Å². The van der Waals surface area contributed by atoms with Crippen LogP contribution < -0.4 is 0 Å². The van der Waals surface area contributed by atoms with Crippen LogP contribution in [0.15, 0.2) is 11.6 Å². The van der Waals surface area contributed by atoms with Crippen LogP contribution in [0, 0.1) is 11.8 Å². The summed E-state index contributed by atoms with van der Waals surface area (Å²) in [5.74, 6) is 1.65. The second-order valence-corrected chi connectivity index (χ2v) is 3.86. The molecule has 0 aliphatic carbocycles. The van der Waals surface area contributed by atoms with Crippen LogP contribution in [0.25, 0.3) is 0 Å². The lowest BCUT2D eigenvalue weighted by atomic mass is 9.94. The molecular weight excluding hydrogens is 132 g/mol. The topological polar surface area (TPSA) is 0 Å². The molecule has 1 unspecified atom stereocenters. The normalized spacial score (nSPS) is 15.6. The first-order valence-electron chi connectivity index (χ1n) is 4.73. The van der Waals surface area contributed by atoms with Crippen molar-refractivity contribution in [2.45, 2.75) is 47.5 Å². The van der Waals surface area contributed by atoms with Crippen molar-refractivity contribution in [1.82, 2.24) is 0 Å². The minimum atomic E-state index is 0.816. The maximum Gasteiger partial charge on any atom is -0.0320 e. The molecule has 0 aromatic carbocycles. The summed E-state index contributed by atoms with van der Waals surface area (Å²) in [4.78, 5) is 0. The summed E-state index contributed by atoms with van der Waals surface area (Å²) < 4.78 is 0. The molecule has 0 aliphatic rings. The molecule has 0 bridgehead atoms. The first-order valence-corrected chi connectivity index (χ1v) is 4.73. The maximum absolute atomic E-state index is 2.38. The zero-order chi connectivity index (χ0) is 8.85. The van der Waals surface area contributed by atoms with Gasteiger partial charge >= 0.3 is 0 Å². The lowest BCUT2D eigenvalue weighted by Crippen LogP contribution is -2.01. The predicted octanol–water partition coefficient (Wildman–Crippen LogP) is 4.02. The first-order chi connectivity index (χ1) is 5.07. The second-order valence-electron chi connectivity index (χ2n) is 3.86. The van der Waals surface area contributed by atoms with Crippen molar-refractivity contribution in [3.63, 3.8) is 0 Å². The SMILES string of the molecule is CC/C(C)=C/CC(C)C(C)C. The van der Waals surface area contributed by atoms with Crippen molar-refractivity contribution in [1.29, 1.82) is 0 Å². The Morgan fingerprint density at radius 2 is 1.82 bits per heavy atom. The Labute approximate surface area is 71.7 Å². The van der Waals surface area contributed by atoms with Crippen molar-refractivity contribution in [2.24, 2.45) is 11.8 Å². The zero-order valence-corrected chi connectivity index (χ0v) is 8.65. The van der Waals surface area contributed by atoms with E-state index >= 15 is 0 Å². The Morgan fingerprint density at radius 1 is 1.27 bits per heavy atom. The smallest absolute Gasteiger partial charge is 0.0320 e. The Bertz CT molecular complexity index is 120. The molecular formula is C11H22. The van der Waals surface area contributed by atoms with E-state index in [0.29, 0.717) is 0 Å². The van der Waals surface area contributed by atoms with Crippen molar-refractivity contribution in [3.05, 3.63) is 11.6 Å². The molecule has 0 saturated heterocycles. The van der Waals surface area contributed by atoms with Gasteiger partial charge in [0, 0.05) is 0 Å². The average Bonchev–Trinajstić information content (AvgIpc) is 1.99. The van der Waals surface area contributed by atoms with Crippen LogP contribution in [0.2, 0.25) is 0 Å². The molecule has 0 amide bonds. The van der Waals surface area contributed by atoms with Crippen molar-refractivity contribution < 1.29 is 0 Å². The van der Waals surface area contributed by atoms with Crippen molar-refractivity contribution >= 4 is 0 Å². The van der Waals surface area contributed by atoms with Crippen LogP contribution in [0.4, 0.5) is 0 Å². The van der Waals surface area contributed by atoms with E-state index in [1.807, 2.05) is 0 Å². The molecule has 0 aliphatic heterocycles. The van der Waals surface area contributed by atoms with Crippen LogP contribution >= 0.6 is 0 Å². The molecule has 1 atom stereocenters. The molecule has 66 valence electrons. The molecule has 0 fully saturated rings. The molecule has 0 N–H and O–H groups in total. The summed E-state index contributed by atoms with van der Waals surface area (Å²) in [6.07, 6.45) is 4.83. The van der Waals surface area contributed by atoms with Gasteiger partial charge in [-0.2, -0.15) is 0 Å². The van der Waals surface area contributed by atoms with E-state index in [2.05, 4.69) is 40.7 Å². The number of hydrogen-bond donors (Lipinski definition) is 0. The van der Waals surface area contributed by atoms with Crippen LogP contribution in [0.1, 0.15) is 47.5 Å². The lowest BCUT2D eigenvalue weighted by Gasteiger charge is -2.12. The van der Waals surface area contributed by atoms with E-state index in [1.165, 1.54) is 18.4 Å². The van der Waals surface area contributed by atoms with Gasteiger partial charge in [-0.05, 0) is 31.6 Å². The summed E-state index contributed by atoms with van der Waals surface area (Å²) in [7, 11) is 0. The monoisotopic (exact) mass is 154 g/mol. The van der Waals surface area contributed by atoms with Crippen molar-refractivity contribution in [2.75, 3.05) is 0 Å². The maximum atomic E-state index is 2.38. The molecule has 0 heteroatoms. The Balaban J connectivity index is 3.68. The third kappa shape index (κ3) is 5.06. The van der Waals surface area contributed by atoms with E-state index < -0.39 is 0 Å². The molecule has 0 nitrogen and oxygen atoms in total. The molecule has 0 aromatic rings. The molecule has 0 rings (SSSR count). The van der Waals surface area contributed by atoms with Gasteiger partial charge in [0.25, 0.3) is 0 Å². The summed E-state index contributed by atoms with van der Waals surface area (Å²) in [5.41, 5.74) is 1.53. The molecule has 0 radical (unpaired) electrons. The first kappa shape index (κ1) is 10.7. The second kappa shape index (κ2) is 5.40. The summed E-state index contributed by atoms with van der Waals surface area (Å²) in [5, 5.41) is 0. The Hall–Kier alpha value is -0.260. The minimum Gasteiger partial charge on any atom is -0.0853 e. The zero-order valence-electron chi connectivity index (χ0n) is 8.65. The highest BCUT2D eigenvalue weighted by Crippen LogP contribution is 2.15. The van der Waals surface area contributed by atoms with Crippen LogP contribution in [0.3, 0.4) is 0 Å². The average molecular weight is 154 g/mol. The molecule has 0 heterocycles. The van der Waals surface area contributed by atoms with Crippen LogP contribution in [-0.4, -0.2) is 0 Å². The fraction of sp³-hybridized carbons (Fsp3) is 0.818. The summed E-state index contributed by atoms with van der Waals surface area (Å²) in [6, 6.07) is 0. The van der Waals surface area contributed by atoms with Gasteiger partial charge in [0.15, 0.2) is 0 Å². The van der Waals surface area contributed by atoms with Crippen LogP contribution in [-0.2, 0) is 0 Å². The van der Waals surface area contributed by atoms with Gasteiger partial charge in [-0.15, -0.1) is 0 Å². The quantitative estimate of drug-likeness (QED) is 0.536. The molecule has 0 aromatic heterocycles. The van der Waals surface area contributed by atoms with Gasteiger partial charge < -0.3 is 0 Å². The highest BCUT2D eigenvalue weighted by atomic mass is 14.1. The van der Waals surface area contributed by atoms with Gasteiger partial charge in [0.1, 0.15) is 0 Å². The number of allylic oxidation sites excluding steroid dienone is 2. The third-order valence-electron chi connectivity index (χ3n) is 2.53. The minimum absolute atomic E-state index is 0.816. The third-order valence-corrected chi connectivity index (χ3v) is 2.53. The van der Waals surface area contributed by atoms with E-state index in [0.717, 1.165) is 11.8 Å². The summed E-state index contributed by atoms with van der Waals surface area (Å²) in [6.45, 7) is 11.3. The van der Waals surface area contributed by atoms with Gasteiger partial charge in [-0.3, -0.25) is 0 Å². The summed E-state index contributed by atoms with van der Waals surface area (Å²) >= 11 is 0. The number of rotatable bonds is 4. The fourth-order valence-corrected chi connectivity index (χ4v) is 0.804. The fourth-order valence-electron chi connectivity index (χ4n) is 0.804. The van der Waals surface area contributed by atoms with Gasteiger partial charge in [0.2, 0.25) is 0 Å². The molecule has 0 spiro atoms. The van der Waals surface area contributed by atoms with Crippen molar-refractivity contribution in [3.8, 4) is 0 Å². The van der Waals surface area contributed by atoms with Gasteiger partial charge in [-0.25, -0.2) is 0 Å². The highest BCUT2D eigenvalue weighted by molar-refractivity contribution is 4.97. The van der Waals surface area contributed by atoms with E-state index in [9.17, 15) is 0 Å². The number of hydrogen-bond acceptors (Lipinski definition) is 0. The molecule has 0 saturated carbocycles. The predicted molar refractivity (Wildman–Crippen MR) is 52.7 cm³/mol. The van der Waals surface area contributed by atoms with E-state index in [-0.39, 0.29) is 0 Å². The molecule has 11 heavy (non-hydrogen) atoms. The highest BCUT2D eigenvalue weighted by Gasteiger charge is 2.03. The Morgan fingerprint density at radius 3 is 2.18 bits per heavy atom. The Kier molecular flexibility index (Phi) is 5.27. The van der Waals surface area contributed by atoms with Gasteiger partial charge in [-0.1, -0.05) is 39.3 Å². The standard InChI is InChI=1S/C11H22/c1-6-10(4)7-8-11(5)9(2)3/h7,9,11H,6,8H2,1-5H3/b10-7+. The van der Waals surface area contributed by atoms with Gasteiger partial charge in [0.05, 0.1) is 0 Å². The largest absolute Gasteiger partial charge is 0.0853 e. The van der Waals surface area contributed by atoms with Crippen LogP contribution in [0.5, 0.6) is 0 Å². The van der Waals surface area contributed by atoms with E-state index in [4.69, 9.17) is 0 Å².